The first-order valence-corrected chi connectivity index (χ1v) is 7.36. The summed E-state index contributed by atoms with van der Waals surface area (Å²) in [5.41, 5.74) is 0.281. The highest BCUT2D eigenvalue weighted by Crippen LogP contribution is 2.23. The van der Waals surface area contributed by atoms with Crippen LogP contribution in [0.25, 0.3) is 0 Å². The SMILES string of the molecule is O=S(=O)(Nc1ccc(Cl)cc1)c1cc(Cl)ccc1F. The molecule has 0 saturated carbocycles. The van der Waals surface area contributed by atoms with Crippen LogP contribution < -0.4 is 4.72 Å². The van der Waals surface area contributed by atoms with Crippen molar-refractivity contribution >= 4 is 38.9 Å². The Labute approximate surface area is 120 Å². The van der Waals surface area contributed by atoms with Crippen molar-refractivity contribution in [1.29, 1.82) is 0 Å². The number of hydrogen-bond donors (Lipinski definition) is 1. The quantitative estimate of drug-likeness (QED) is 0.931. The second kappa shape index (κ2) is 5.36. The third kappa shape index (κ3) is 3.37. The van der Waals surface area contributed by atoms with Crippen LogP contribution in [-0.2, 0) is 10.0 Å². The molecule has 0 bridgehead atoms. The average molecular weight is 320 g/mol. The summed E-state index contributed by atoms with van der Waals surface area (Å²) in [6.45, 7) is 0. The van der Waals surface area contributed by atoms with Gasteiger partial charge in [-0.05, 0) is 42.5 Å². The predicted molar refractivity (Wildman–Crippen MR) is 73.7 cm³/mol. The highest BCUT2D eigenvalue weighted by molar-refractivity contribution is 7.92. The molecule has 0 aliphatic heterocycles. The summed E-state index contributed by atoms with van der Waals surface area (Å²) in [5.74, 6) is -0.870. The van der Waals surface area contributed by atoms with Gasteiger partial charge in [-0.2, -0.15) is 0 Å². The van der Waals surface area contributed by atoms with Gasteiger partial charge in [-0.1, -0.05) is 23.2 Å². The van der Waals surface area contributed by atoms with Crippen LogP contribution in [0.3, 0.4) is 0 Å². The Kier molecular flexibility index (Phi) is 3.99. The van der Waals surface area contributed by atoms with Gasteiger partial charge in [-0.15, -0.1) is 0 Å². The van der Waals surface area contributed by atoms with Crippen molar-refractivity contribution in [3.8, 4) is 0 Å². The van der Waals surface area contributed by atoms with Gasteiger partial charge in [-0.25, -0.2) is 12.8 Å². The lowest BCUT2D eigenvalue weighted by Crippen LogP contribution is -2.14. The van der Waals surface area contributed by atoms with Gasteiger partial charge in [0.25, 0.3) is 10.0 Å². The molecule has 2 aromatic rings. The minimum absolute atomic E-state index is 0.137. The molecule has 0 unspecified atom stereocenters. The van der Waals surface area contributed by atoms with Crippen molar-refractivity contribution in [3.63, 3.8) is 0 Å². The van der Waals surface area contributed by atoms with Gasteiger partial charge < -0.3 is 0 Å². The lowest BCUT2D eigenvalue weighted by atomic mass is 10.3. The van der Waals surface area contributed by atoms with E-state index in [1.165, 1.54) is 30.3 Å². The predicted octanol–water partition coefficient (Wildman–Crippen LogP) is 3.93. The van der Waals surface area contributed by atoms with E-state index in [9.17, 15) is 12.8 Å². The maximum absolute atomic E-state index is 13.5. The molecule has 0 aliphatic carbocycles. The number of sulfonamides is 1. The van der Waals surface area contributed by atoms with E-state index < -0.39 is 20.7 Å². The zero-order valence-electron chi connectivity index (χ0n) is 9.40. The smallest absolute Gasteiger partial charge is 0.264 e. The van der Waals surface area contributed by atoms with Gasteiger partial charge in [0.2, 0.25) is 0 Å². The van der Waals surface area contributed by atoms with E-state index >= 15 is 0 Å². The van der Waals surface area contributed by atoms with E-state index in [0.29, 0.717) is 5.02 Å². The third-order valence-corrected chi connectivity index (χ3v) is 4.16. The lowest BCUT2D eigenvalue weighted by molar-refractivity contribution is 0.570. The Balaban J connectivity index is 2.37. The van der Waals surface area contributed by atoms with Gasteiger partial charge in [0.05, 0.1) is 0 Å². The molecule has 0 aromatic heterocycles. The van der Waals surface area contributed by atoms with Gasteiger partial charge in [0.15, 0.2) is 0 Å². The lowest BCUT2D eigenvalue weighted by Gasteiger charge is -2.09. The summed E-state index contributed by atoms with van der Waals surface area (Å²) in [4.78, 5) is -0.505. The Morgan fingerprint density at radius 1 is 0.947 bits per heavy atom. The average Bonchev–Trinajstić information content (AvgIpc) is 2.35. The number of anilines is 1. The van der Waals surface area contributed by atoms with E-state index in [1.54, 1.807) is 0 Å². The van der Waals surface area contributed by atoms with Crippen LogP contribution in [0.4, 0.5) is 10.1 Å². The monoisotopic (exact) mass is 319 g/mol. The Morgan fingerprint density at radius 2 is 1.53 bits per heavy atom. The van der Waals surface area contributed by atoms with Crippen molar-refractivity contribution in [3.05, 3.63) is 58.3 Å². The van der Waals surface area contributed by atoms with Crippen LogP contribution in [-0.4, -0.2) is 8.42 Å². The molecule has 0 atom stereocenters. The largest absolute Gasteiger partial charge is 0.280 e. The van der Waals surface area contributed by atoms with E-state index in [4.69, 9.17) is 23.2 Å². The fraction of sp³-hybridized carbons (Fsp3) is 0. The molecule has 1 N–H and O–H groups in total. The molecule has 0 aliphatic rings. The molecule has 0 radical (unpaired) electrons. The van der Waals surface area contributed by atoms with Gasteiger partial charge in [0.1, 0.15) is 10.7 Å². The maximum atomic E-state index is 13.5. The van der Waals surface area contributed by atoms with Crippen LogP contribution in [0.1, 0.15) is 0 Å². The summed E-state index contributed by atoms with van der Waals surface area (Å²) in [6.07, 6.45) is 0. The maximum Gasteiger partial charge on any atom is 0.264 e. The standard InChI is InChI=1S/C12H8Cl2FNO2S/c13-8-1-4-10(5-2-8)16-19(17,18)12-7-9(14)3-6-11(12)15/h1-7,16H. The zero-order chi connectivity index (χ0) is 14.0. The molecule has 100 valence electrons. The molecule has 19 heavy (non-hydrogen) atoms. The molecule has 3 nitrogen and oxygen atoms in total. The van der Waals surface area contributed by atoms with Crippen LogP contribution in [0.5, 0.6) is 0 Å². The Morgan fingerprint density at radius 3 is 2.16 bits per heavy atom. The van der Waals surface area contributed by atoms with Crippen molar-refractivity contribution in [2.75, 3.05) is 4.72 Å². The second-order valence-corrected chi connectivity index (χ2v) is 6.21. The first kappa shape index (κ1) is 14.1. The molecular weight excluding hydrogens is 312 g/mol. The Hall–Kier alpha value is -1.30. The fourth-order valence-electron chi connectivity index (χ4n) is 1.41. The van der Waals surface area contributed by atoms with Crippen LogP contribution in [0.15, 0.2) is 47.4 Å². The highest BCUT2D eigenvalue weighted by Gasteiger charge is 2.19. The molecule has 0 saturated heterocycles. The number of nitrogens with one attached hydrogen (secondary N) is 1. The minimum Gasteiger partial charge on any atom is -0.280 e. The number of hydrogen-bond acceptors (Lipinski definition) is 2. The third-order valence-electron chi connectivity index (χ3n) is 2.28. The summed E-state index contributed by atoms with van der Waals surface area (Å²) < 4.78 is 39.8. The first-order valence-electron chi connectivity index (χ1n) is 5.12. The first-order chi connectivity index (χ1) is 8.88. The van der Waals surface area contributed by atoms with Crippen molar-refractivity contribution in [1.82, 2.24) is 0 Å². The fourth-order valence-corrected chi connectivity index (χ4v) is 2.94. The van der Waals surface area contributed by atoms with Crippen molar-refractivity contribution in [2.24, 2.45) is 0 Å². The molecule has 0 heterocycles. The van der Waals surface area contributed by atoms with Gasteiger partial charge in [0, 0.05) is 15.7 Å². The summed E-state index contributed by atoms with van der Waals surface area (Å²) in [6, 6.07) is 9.32. The van der Waals surface area contributed by atoms with E-state index in [0.717, 1.165) is 12.1 Å². The van der Waals surface area contributed by atoms with Crippen LogP contribution >= 0.6 is 23.2 Å². The second-order valence-electron chi connectivity index (χ2n) is 3.69. The van der Waals surface area contributed by atoms with E-state index in [-0.39, 0.29) is 10.7 Å². The normalized spacial score (nSPS) is 11.3. The number of rotatable bonds is 3. The zero-order valence-corrected chi connectivity index (χ0v) is 11.7. The van der Waals surface area contributed by atoms with Crippen molar-refractivity contribution < 1.29 is 12.8 Å². The number of benzene rings is 2. The van der Waals surface area contributed by atoms with Gasteiger partial charge >= 0.3 is 0 Å². The molecule has 2 aromatic carbocycles. The summed E-state index contributed by atoms with van der Waals surface area (Å²) >= 11 is 11.4. The van der Waals surface area contributed by atoms with Crippen molar-refractivity contribution in [2.45, 2.75) is 4.90 Å². The van der Waals surface area contributed by atoms with Crippen LogP contribution in [0.2, 0.25) is 10.0 Å². The molecule has 7 heteroatoms. The Bertz CT molecular complexity index is 702. The molecule has 0 fully saturated rings. The molecule has 2 rings (SSSR count). The van der Waals surface area contributed by atoms with Crippen LogP contribution in [0, 0.1) is 5.82 Å². The highest BCUT2D eigenvalue weighted by atomic mass is 35.5. The molecular formula is C12H8Cl2FNO2S. The van der Waals surface area contributed by atoms with Gasteiger partial charge in [-0.3, -0.25) is 4.72 Å². The topological polar surface area (TPSA) is 46.2 Å². The molecule has 0 spiro atoms. The van der Waals surface area contributed by atoms with E-state index in [2.05, 4.69) is 4.72 Å². The minimum atomic E-state index is -4.03. The summed E-state index contributed by atoms with van der Waals surface area (Å²) in [7, 11) is -4.03. The molecule has 0 amide bonds. The van der Waals surface area contributed by atoms with E-state index in [1.807, 2.05) is 0 Å². The summed E-state index contributed by atoms with van der Waals surface area (Å²) in [5, 5.41) is 0.606. The number of halogens is 3.